The first kappa shape index (κ1) is 23.7. The number of aryl methyl sites for hydroxylation is 1. The van der Waals surface area contributed by atoms with Gasteiger partial charge in [-0.05, 0) is 92.3 Å². The highest BCUT2D eigenvalue weighted by Crippen LogP contribution is 2.44. The van der Waals surface area contributed by atoms with E-state index in [1.807, 2.05) is 59.6 Å². The number of nitrogens with one attached hydrogen (secondary N) is 1. The molecule has 1 aliphatic heterocycles. The number of carbonyl (C=O) groups is 1. The first-order valence-electron chi connectivity index (χ1n) is 12.9. The van der Waals surface area contributed by atoms with Gasteiger partial charge in [0.05, 0.1) is 32.0 Å². The number of anilines is 1. The number of thiophene rings is 1. The molecule has 2 aromatic heterocycles. The summed E-state index contributed by atoms with van der Waals surface area (Å²) >= 11 is 1.89. The average Bonchev–Trinajstić information content (AvgIpc) is 3.51. The predicted octanol–water partition coefficient (Wildman–Crippen LogP) is 6.96. The number of benzene rings is 2. The molecule has 6 nitrogen and oxygen atoms in total. The zero-order chi connectivity index (χ0) is 25.4. The molecule has 0 unspecified atom stereocenters. The number of amides is 2. The highest BCUT2D eigenvalue weighted by molar-refractivity contribution is 7.15. The minimum absolute atomic E-state index is 0.131. The molecule has 3 heterocycles. The van der Waals surface area contributed by atoms with Crippen molar-refractivity contribution in [1.29, 1.82) is 0 Å². The van der Waals surface area contributed by atoms with Gasteiger partial charge in [0.15, 0.2) is 0 Å². The van der Waals surface area contributed by atoms with Gasteiger partial charge < -0.3 is 24.3 Å². The summed E-state index contributed by atoms with van der Waals surface area (Å²) in [4.78, 5) is 17.5. The van der Waals surface area contributed by atoms with Crippen LogP contribution in [0.2, 0.25) is 0 Å². The van der Waals surface area contributed by atoms with E-state index >= 15 is 0 Å². The summed E-state index contributed by atoms with van der Waals surface area (Å²) < 4.78 is 13.4. The van der Waals surface area contributed by atoms with Crippen molar-refractivity contribution in [3.63, 3.8) is 0 Å². The summed E-state index contributed by atoms with van der Waals surface area (Å²) in [7, 11) is 1.64. The Morgan fingerprint density at radius 3 is 2.68 bits per heavy atom. The number of aromatic nitrogens is 1. The molecule has 6 rings (SSSR count). The van der Waals surface area contributed by atoms with Gasteiger partial charge in [-0.1, -0.05) is 12.1 Å². The van der Waals surface area contributed by atoms with Crippen molar-refractivity contribution in [2.24, 2.45) is 0 Å². The first-order valence-corrected chi connectivity index (χ1v) is 13.7. The van der Waals surface area contributed by atoms with Crippen molar-refractivity contribution in [1.82, 2.24) is 9.47 Å². The molecule has 0 bridgehead atoms. The van der Waals surface area contributed by atoms with Crippen LogP contribution >= 0.6 is 11.3 Å². The molecule has 190 valence electrons. The maximum absolute atomic E-state index is 14.0. The van der Waals surface area contributed by atoms with Gasteiger partial charge in [-0.25, -0.2) is 4.79 Å². The Morgan fingerprint density at radius 1 is 1.03 bits per heavy atom. The first-order chi connectivity index (χ1) is 18.2. The Labute approximate surface area is 221 Å². The van der Waals surface area contributed by atoms with Crippen LogP contribution < -0.4 is 14.8 Å². The third-order valence-electron chi connectivity index (χ3n) is 7.27. The van der Waals surface area contributed by atoms with Crippen molar-refractivity contribution in [3.8, 4) is 16.5 Å². The number of rotatable bonds is 5. The number of urea groups is 1. The van der Waals surface area contributed by atoms with Crippen LogP contribution in [0.3, 0.4) is 0 Å². The Morgan fingerprint density at radius 2 is 1.86 bits per heavy atom. The van der Waals surface area contributed by atoms with Crippen LogP contribution in [0.5, 0.6) is 11.5 Å². The van der Waals surface area contributed by atoms with E-state index in [0.717, 1.165) is 41.3 Å². The van der Waals surface area contributed by atoms with E-state index in [1.54, 1.807) is 7.11 Å². The van der Waals surface area contributed by atoms with Crippen molar-refractivity contribution >= 4 is 23.1 Å². The molecule has 4 aromatic rings. The summed E-state index contributed by atoms with van der Waals surface area (Å²) in [6.07, 6.45) is 6.78. The Bertz CT molecular complexity index is 1420. The van der Waals surface area contributed by atoms with Gasteiger partial charge in [0.25, 0.3) is 0 Å². The molecule has 1 aliphatic carbocycles. The number of carbonyl (C=O) groups excluding carboxylic acids is 1. The Hall–Kier alpha value is -3.71. The van der Waals surface area contributed by atoms with E-state index in [-0.39, 0.29) is 12.1 Å². The maximum Gasteiger partial charge on any atom is 0.322 e. The van der Waals surface area contributed by atoms with Gasteiger partial charge in [-0.3, -0.25) is 0 Å². The van der Waals surface area contributed by atoms with Crippen molar-refractivity contribution in [2.45, 2.75) is 45.2 Å². The molecule has 37 heavy (non-hydrogen) atoms. The number of ether oxygens (including phenoxy) is 2. The number of hydrogen-bond donors (Lipinski definition) is 1. The Kier molecular flexibility index (Phi) is 6.38. The van der Waals surface area contributed by atoms with Gasteiger partial charge >= 0.3 is 6.03 Å². The fraction of sp³-hybridized carbons (Fsp3) is 0.300. The molecule has 0 spiro atoms. The fourth-order valence-electron chi connectivity index (χ4n) is 5.55. The lowest BCUT2D eigenvalue weighted by molar-refractivity contribution is 0.194. The number of nitrogens with zero attached hydrogens (tertiary/aromatic N) is 2. The third-order valence-corrected chi connectivity index (χ3v) is 8.60. The number of fused-ring (bicyclic) bond motifs is 5. The van der Waals surface area contributed by atoms with E-state index in [1.165, 1.54) is 33.8 Å². The van der Waals surface area contributed by atoms with Gasteiger partial charge in [-0.15, -0.1) is 11.3 Å². The quantitative estimate of drug-likeness (QED) is 0.314. The smallest absolute Gasteiger partial charge is 0.322 e. The van der Waals surface area contributed by atoms with Crippen LogP contribution in [0.25, 0.3) is 5.00 Å². The molecular weight excluding hydrogens is 482 g/mol. The molecule has 0 saturated heterocycles. The van der Waals surface area contributed by atoms with Crippen LogP contribution in [0.1, 0.15) is 53.1 Å². The summed E-state index contributed by atoms with van der Waals surface area (Å²) in [5.74, 6) is 1.57. The van der Waals surface area contributed by atoms with E-state index < -0.39 is 0 Å². The predicted molar refractivity (Wildman–Crippen MR) is 147 cm³/mol. The van der Waals surface area contributed by atoms with Gasteiger partial charge in [0.2, 0.25) is 0 Å². The highest BCUT2D eigenvalue weighted by atomic mass is 32.1. The second-order valence-electron chi connectivity index (χ2n) is 9.49. The van der Waals surface area contributed by atoms with Crippen molar-refractivity contribution < 1.29 is 14.3 Å². The summed E-state index contributed by atoms with van der Waals surface area (Å²) in [5, 5.41) is 4.40. The molecule has 2 aliphatic rings. The lowest BCUT2D eigenvalue weighted by Crippen LogP contribution is -2.38. The lowest BCUT2D eigenvalue weighted by atomic mass is 9.95. The lowest BCUT2D eigenvalue weighted by Gasteiger charge is -2.31. The van der Waals surface area contributed by atoms with Crippen LogP contribution in [0, 0.1) is 0 Å². The number of hydrogen-bond acceptors (Lipinski definition) is 4. The van der Waals surface area contributed by atoms with Crippen molar-refractivity contribution in [2.75, 3.05) is 19.0 Å². The molecule has 1 atom stereocenters. The number of methoxy groups -OCH3 is 1. The second-order valence-corrected chi connectivity index (χ2v) is 10.6. The molecular formula is C30H31N3O3S. The largest absolute Gasteiger partial charge is 0.497 e. The van der Waals surface area contributed by atoms with Crippen molar-refractivity contribution in [3.05, 3.63) is 94.1 Å². The van der Waals surface area contributed by atoms with E-state index in [0.29, 0.717) is 13.2 Å². The van der Waals surface area contributed by atoms with Crippen LogP contribution in [-0.2, 0) is 19.4 Å². The highest BCUT2D eigenvalue weighted by Gasteiger charge is 2.36. The van der Waals surface area contributed by atoms with Gasteiger partial charge in [0.1, 0.15) is 16.5 Å². The van der Waals surface area contributed by atoms with E-state index in [4.69, 9.17) is 9.47 Å². The second kappa shape index (κ2) is 9.98. The zero-order valence-corrected chi connectivity index (χ0v) is 22.0. The standard InChI is InChI=1S/C30H31N3O3S/c1-3-36-23-9-6-8-20(18-23)28-26-11-7-17-32(26)29-25(24-10-4-5-12-27(24)37-29)19-33(28)30(34)31-21-13-15-22(35-2)16-14-21/h6-9,11,13-18,28H,3-5,10,12,19H2,1-2H3,(H,31,34)/t28-/m1/s1. The summed E-state index contributed by atoms with van der Waals surface area (Å²) in [6, 6.07) is 19.4. The SMILES string of the molecule is CCOc1cccc([C@@H]2c3cccn3-c3sc4c(c3CN2C(=O)Nc2ccc(OC)cc2)CCCC4)c1. The molecule has 1 N–H and O–H groups in total. The normalized spacial score (nSPS) is 16.3. The summed E-state index contributed by atoms with van der Waals surface area (Å²) in [6.45, 7) is 3.13. The van der Waals surface area contributed by atoms with E-state index in [2.05, 4.69) is 40.3 Å². The van der Waals surface area contributed by atoms with Crippen LogP contribution in [-0.4, -0.2) is 29.2 Å². The molecule has 2 aromatic carbocycles. The zero-order valence-electron chi connectivity index (χ0n) is 21.2. The maximum atomic E-state index is 14.0. The fourth-order valence-corrected chi connectivity index (χ4v) is 6.95. The monoisotopic (exact) mass is 513 g/mol. The molecule has 0 fully saturated rings. The Balaban J connectivity index is 1.46. The van der Waals surface area contributed by atoms with Crippen LogP contribution in [0.4, 0.5) is 10.5 Å². The van der Waals surface area contributed by atoms with Crippen LogP contribution in [0.15, 0.2) is 66.9 Å². The van der Waals surface area contributed by atoms with Gasteiger partial charge in [-0.2, -0.15) is 0 Å². The average molecular weight is 514 g/mol. The summed E-state index contributed by atoms with van der Waals surface area (Å²) in [5.41, 5.74) is 5.57. The molecule has 7 heteroatoms. The third kappa shape index (κ3) is 4.37. The molecule has 0 saturated carbocycles. The topological polar surface area (TPSA) is 55.7 Å². The van der Waals surface area contributed by atoms with Gasteiger partial charge in [0, 0.05) is 22.3 Å². The van der Waals surface area contributed by atoms with E-state index in [9.17, 15) is 4.79 Å². The minimum atomic E-state index is -0.271. The molecule has 0 radical (unpaired) electrons. The minimum Gasteiger partial charge on any atom is -0.497 e. The molecule has 2 amide bonds.